The number of pyridine rings is 1. The van der Waals surface area contributed by atoms with Gasteiger partial charge < -0.3 is 15.0 Å². The summed E-state index contributed by atoms with van der Waals surface area (Å²) in [5.41, 5.74) is 2.66. The van der Waals surface area contributed by atoms with Crippen molar-refractivity contribution in [3.05, 3.63) is 60.2 Å². The van der Waals surface area contributed by atoms with Gasteiger partial charge in [0.2, 0.25) is 15.9 Å². The van der Waals surface area contributed by atoms with E-state index in [0.717, 1.165) is 47.4 Å². The van der Waals surface area contributed by atoms with Crippen LogP contribution in [0.3, 0.4) is 0 Å². The lowest BCUT2D eigenvalue weighted by atomic mass is 9.97. The number of carbonyl (C=O) groups excluding carboxylic acids is 1. The highest BCUT2D eigenvalue weighted by Gasteiger charge is 2.28. The van der Waals surface area contributed by atoms with Crippen LogP contribution in [0.5, 0.6) is 0 Å². The van der Waals surface area contributed by atoms with Gasteiger partial charge in [0, 0.05) is 37.3 Å². The average molecular weight is 495 g/mol. The number of morpholine rings is 1. The molecular formula is C26H30N4O4S. The number of aryl methyl sites for hydroxylation is 1. The monoisotopic (exact) mass is 494 g/mol. The SMILES string of the molecule is Cc1cccc(NC(=O)[C@H]2CCCN(c3ccc4cc(S(=O)(=O)N5CCOCC5)ccc4n3)C2)c1. The second-order valence-corrected chi connectivity index (χ2v) is 11.1. The molecule has 0 spiro atoms. The van der Waals surface area contributed by atoms with E-state index in [1.807, 2.05) is 43.3 Å². The first kappa shape index (κ1) is 23.7. The van der Waals surface area contributed by atoms with Crippen LogP contribution in [0.1, 0.15) is 18.4 Å². The largest absolute Gasteiger partial charge is 0.379 e. The Kier molecular flexibility index (Phi) is 6.73. The smallest absolute Gasteiger partial charge is 0.243 e. The van der Waals surface area contributed by atoms with Crippen LogP contribution in [0.4, 0.5) is 11.5 Å². The Morgan fingerprint density at radius 2 is 1.89 bits per heavy atom. The molecule has 0 aliphatic carbocycles. The molecule has 0 saturated carbocycles. The van der Waals surface area contributed by atoms with Crippen molar-refractivity contribution in [2.75, 3.05) is 49.6 Å². The highest BCUT2D eigenvalue weighted by atomic mass is 32.2. The summed E-state index contributed by atoms with van der Waals surface area (Å²) in [6, 6.07) is 16.7. The molecule has 9 heteroatoms. The quantitative estimate of drug-likeness (QED) is 0.584. The van der Waals surface area contributed by atoms with E-state index in [9.17, 15) is 13.2 Å². The van der Waals surface area contributed by atoms with Gasteiger partial charge in [0.1, 0.15) is 5.82 Å². The predicted octanol–water partition coefficient (Wildman–Crippen LogP) is 3.42. The number of hydrogen-bond acceptors (Lipinski definition) is 6. The van der Waals surface area contributed by atoms with E-state index in [4.69, 9.17) is 9.72 Å². The zero-order chi connectivity index (χ0) is 24.4. The third kappa shape index (κ3) is 5.17. The Balaban J connectivity index is 1.31. The maximum absolute atomic E-state index is 13.0. The summed E-state index contributed by atoms with van der Waals surface area (Å²) in [6.07, 6.45) is 1.74. The van der Waals surface area contributed by atoms with Crippen molar-refractivity contribution in [2.24, 2.45) is 5.92 Å². The molecule has 2 saturated heterocycles. The van der Waals surface area contributed by atoms with E-state index < -0.39 is 10.0 Å². The number of anilines is 2. The summed E-state index contributed by atoms with van der Waals surface area (Å²) in [7, 11) is -3.56. The second-order valence-electron chi connectivity index (χ2n) is 9.18. The lowest BCUT2D eigenvalue weighted by Gasteiger charge is -2.33. The lowest BCUT2D eigenvalue weighted by molar-refractivity contribution is -0.120. The molecule has 35 heavy (non-hydrogen) atoms. The van der Waals surface area contributed by atoms with Crippen molar-refractivity contribution in [3.8, 4) is 0 Å². The maximum Gasteiger partial charge on any atom is 0.243 e. The molecule has 2 aromatic carbocycles. The molecule has 0 radical (unpaired) electrons. The number of rotatable bonds is 5. The third-order valence-electron chi connectivity index (χ3n) is 6.66. The van der Waals surface area contributed by atoms with E-state index >= 15 is 0 Å². The van der Waals surface area contributed by atoms with E-state index in [-0.39, 0.29) is 16.7 Å². The zero-order valence-electron chi connectivity index (χ0n) is 19.8. The van der Waals surface area contributed by atoms with Gasteiger partial charge in [0.05, 0.1) is 29.5 Å². The van der Waals surface area contributed by atoms with Gasteiger partial charge in [-0.2, -0.15) is 4.31 Å². The van der Waals surface area contributed by atoms with Crippen molar-refractivity contribution in [3.63, 3.8) is 0 Å². The van der Waals surface area contributed by atoms with Crippen molar-refractivity contribution in [1.29, 1.82) is 0 Å². The fourth-order valence-electron chi connectivity index (χ4n) is 4.73. The van der Waals surface area contributed by atoms with Gasteiger partial charge in [0.25, 0.3) is 0 Å². The number of ether oxygens (including phenoxy) is 1. The number of piperidine rings is 1. The number of nitrogens with zero attached hydrogens (tertiary/aromatic N) is 3. The van der Waals surface area contributed by atoms with Gasteiger partial charge in [-0.1, -0.05) is 12.1 Å². The molecule has 184 valence electrons. The summed E-state index contributed by atoms with van der Waals surface area (Å²) in [4.78, 5) is 20.1. The Hall–Kier alpha value is -3.01. The summed E-state index contributed by atoms with van der Waals surface area (Å²) >= 11 is 0. The number of carbonyl (C=O) groups is 1. The number of hydrogen-bond donors (Lipinski definition) is 1. The third-order valence-corrected chi connectivity index (χ3v) is 8.55. The Bertz CT molecular complexity index is 1340. The summed E-state index contributed by atoms with van der Waals surface area (Å²) < 4.78 is 32.7. The standard InChI is InChI=1S/C26H30N4O4S/c1-19-4-2-6-22(16-19)27-26(31)21-5-3-11-29(18-21)25-10-7-20-17-23(8-9-24(20)28-25)35(32,33)30-12-14-34-15-13-30/h2,4,6-10,16-17,21H,3,5,11-15,18H2,1H3,(H,27,31)/t21-/m0/s1. The minimum Gasteiger partial charge on any atom is -0.379 e. The van der Waals surface area contributed by atoms with E-state index in [1.165, 1.54) is 4.31 Å². The average Bonchev–Trinajstić information content (AvgIpc) is 2.88. The van der Waals surface area contributed by atoms with Gasteiger partial charge in [0.15, 0.2) is 0 Å². The minimum atomic E-state index is -3.56. The molecule has 0 unspecified atom stereocenters. The fourth-order valence-corrected chi connectivity index (χ4v) is 6.18. The van der Waals surface area contributed by atoms with Gasteiger partial charge in [-0.3, -0.25) is 4.79 Å². The zero-order valence-corrected chi connectivity index (χ0v) is 20.6. The molecule has 8 nitrogen and oxygen atoms in total. The molecule has 1 N–H and O–H groups in total. The number of benzene rings is 2. The molecule has 2 aliphatic rings. The number of aromatic nitrogens is 1. The first-order valence-corrected chi connectivity index (χ1v) is 13.5. The van der Waals surface area contributed by atoms with Crippen LogP contribution in [0.25, 0.3) is 10.9 Å². The van der Waals surface area contributed by atoms with E-state index in [2.05, 4.69) is 10.2 Å². The first-order valence-electron chi connectivity index (χ1n) is 12.0. The van der Waals surface area contributed by atoms with Gasteiger partial charge >= 0.3 is 0 Å². The summed E-state index contributed by atoms with van der Waals surface area (Å²) in [5.74, 6) is 0.705. The van der Waals surface area contributed by atoms with E-state index in [1.54, 1.807) is 18.2 Å². The highest BCUT2D eigenvalue weighted by Crippen LogP contribution is 2.27. The number of nitrogens with one attached hydrogen (secondary N) is 1. The van der Waals surface area contributed by atoms with Crippen LogP contribution in [0.15, 0.2) is 59.5 Å². The Labute approximate surface area is 205 Å². The number of sulfonamides is 1. The van der Waals surface area contributed by atoms with Crippen LogP contribution in [-0.4, -0.2) is 63.0 Å². The first-order chi connectivity index (χ1) is 16.9. The molecule has 2 aliphatic heterocycles. The summed E-state index contributed by atoms with van der Waals surface area (Å²) in [5, 5.41) is 3.82. The molecule has 3 heterocycles. The van der Waals surface area contributed by atoms with Crippen LogP contribution in [0.2, 0.25) is 0 Å². The molecule has 1 aromatic heterocycles. The summed E-state index contributed by atoms with van der Waals surface area (Å²) in [6.45, 7) is 4.99. The van der Waals surface area contributed by atoms with E-state index in [0.29, 0.717) is 32.8 Å². The van der Waals surface area contributed by atoms with Crippen LogP contribution < -0.4 is 10.2 Å². The molecule has 1 amide bonds. The Morgan fingerprint density at radius 1 is 1.06 bits per heavy atom. The lowest BCUT2D eigenvalue weighted by Crippen LogP contribution is -2.41. The van der Waals surface area contributed by atoms with Gasteiger partial charge in [-0.25, -0.2) is 13.4 Å². The molecule has 5 rings (SSSR count). The van der Waals surface area contributed by atoms with Crippen molar-refractivity contribution >= 4 is 38.3 Å². The highest BCUT2D eigenvalue weighted by molar-refractivity contribution is 7.89. The van der Waals surface area contributed by atoms with Crippen molar-refractivity contribution in [1.82, 2.24) is 9.29 Å². The second kappa shape index (κ2) is 9.93. The van der Waals surface area contributed by atoms with Crippen LogP contribution in [0, 0.1) is 12.8 Å². The molecular weight excluding hydrogens is 464 g/mol. The Morgan fingerprint density at radius 3 is 2.69 bits per heavy atom. The number of fused-ring (bicyclic) bond motifs is 1. The number of amides is 1. The normalized spacial score (nSPS) is 19.6. The van der Waals surface area contributed by atoms with Crippen LogP contribution >= 0.6 is 0 Å². The van der Waals surface area contributed by atoms with Crippen molar-refractivity contribution < 1.29 is 17.9 Å². The predicted molar refractivity (Wildman–Crippen MR) is 136 cm³/mol. The molecule has 2 fully saturated rings. The molecule has 0 bridgehead atoms. The van der Waals surface area contributed by atoms with Crippen molar-refractivity contribution in [2.45, 2.75) is 24.7 Å². The molecule has 3 aromatic rings. The molecule has 1 atom stereocenters. The van der Waals surface area contributed by atoms with Gasteiger partial charge in [-0.15, -0.1) is 0 Å². The maximum atomic E-state index is 13.0. The van der Waals surface area contributed by atoms with Gasteiger partial charge in [-0.05, 0) is 67.8 Å². The minimum absolute atomic E-state index is 0.0269. The fraction of sp³-hybridized carbons (Fsp3) is 0.385. The van der Waals surface area contributed by atoms with Crippen LogP contribution in [-0.2, 0) is 19.6 Å². The topological polar surface area (TPSA) is 91.8 Å².